The molecule has 140 valence electrons. The Bertz CT molecular complexity index is 1040. The van der Waals surface area contributed by atoms with Gasteiger partial charge in [0.15, 0.2) is 0 Å². The maximum atomic E-state index is 12.3. The van der Waals surface area contributed by atoms with Crippen molar-refractivity contribution in [1.82, 2.24) is 5.43 Å². The monoisotopic (exact) mass is 456 g/mol. The minimum Gasteiger partial charge on any atom is -0.422 e. The van der Waals surface area contributed by atoms with Gasteiger partial charge in [0.2, 0.25) is 0 Å². The zero-order valence-electron chi connectivity index (χ0n) is 14.4. The van der Waals surface area contributed by atoms with Crippen molar-refractivity contribution in [3.8, 4) is 5.75 Å². The third kappa shape index (κ3) is 5.28. The summed E-state index contributed by atoms with van der Waals surface area (Å²) in [5, 5.41) is 4.41. The number of hydrogen-bond donors (Lipinski definition) is 1. The van der Waals surface area contributed by atoms with Crippen LogP contribution >= 0.6 is 27.5 Å². The van der Waals surface area contributed by atoms with Crippen molar-refractivity contribution in [2.45, 2.75) is 0 Å². The fraction of sp³-hybridized carbons (Fsp3) is 0. The number of carbonyl (C=O) groups is 2. The molecule has 1 N–H and O–H groups in total. The van der Waals surface area contributed by atoms with Gasteiger partial charge in [0.1, 0.15) is 5.75 Å². The Morgan fingerprint density at radius 3 is 2.46 bits per heavy atom. The highest BCUT2D eigenvalue weighted by atomic mass is 79.9. The first kappa shape index (κ1) is 19.8. The van der Waals surface area contributed by atoms with E-state index in [4.69, 9.17) is 16.3 Å². The molecule has 3 aromatic rings. The molecule has 0 fully saturated rings. The smallest absolute Gasteiger partial charge is 0.343 e. The summed E-state index contributed by atoms with van der Waals surface area (Å²) < 4.78 is 6.24. The molecule has 0 aliphatic rings. The maximum absolute atomic E-state index is 12.3. The standard InChI is InChI=1S/C21H14BrClN2O3/c22-17-9-10-19(28-21(27)14-5-2-1-3-6-14)16(11-17)13-24-25-20(26)15-7-4-8-18(23)12-15/h1-13H,(H,25,26)/b24-13+. The van der Waals surface area contributed by atoms with Crippen LogP contribution in [0.2, 0.25) is 5.02 Å². The number of carbonyl (C=O) groups excluding carboxylic acids is 2. The number of nitrogens with zero attached hydrogens (tertiary/aromatic N) is 1. The largest absolute Gasteiger partial charge is 0.422 e. The van der Waals surface area contributed by atoms with Crippen molar-refractivity contribution in [3.63, 3.8) is 0 Å². The van der Waals surface area contributed by atoms with E-state index in [-0.39, 0.29) is 0 Å². The van der Waals surface area contributed by atoms with E-state index in [1.807, 2.05) is 6.07 Å². The Kier molecular flexibility index (Phi) is 6.57. The first-order valence-electron chi connectivity index (χ1n) is 8.19. The van der Waals surface area contributed by atoms with E-state index in [2.05, 4.69) is 26.5 Å². The van der Waals surface area contributed by atoms with Gasteiger partial charge in [0.05, 0.1) is 11.8 Å². The quantitative estimate of drug-likeness (QED) is 0.251. The minimum atomic E-state index is -0.486. The summed E-state index contributed by atoms with van der Waals surface area (Å²) in [5.41, 5.74) is 3.76. The molecule has 0 aliphatic heterocycles. The van der Waals surface area contributed by atoms with Crippen LogP contribution in [0.15, 0.2) is 82.4 Å². The molecule has 0 atom stereocenters. The van der Waals surface area contributed by atoms with Gasteiger partial charge in [-0.2, -0.15) is 5.10 Å². The Morgan fingerprint density at radius 2 is 1.71 bits per heavy atom. The zero-order chi connectivity index (χ0) is 19.9. The number of amides is 1. The number of ether oxygens (including phenoxy) is 1. The number of hydrazone groups is 1. The molecule has 28 heavy (non-hydrogen) atoms. The molecular weight excluding hydrogens is 444 g/mol. The van der Waals surface area contributed by atoms with Crippen LogP contribution in [0.25, 0.3) is 0 Å². The summed E-state index contributed by atoms with van der Waals surface area (Å²) in [7, 11) is 0. The predicted molar refractivity (Wildman–Crippen MR) is 112 cm³/mol. The van der Waals surface area contributed by atoms with Crippen molar-refractivity contribution in [2.75, 3.05) is 0 Å². The molecule has 0 aromatic heterocycles. The van der Waals surface area contributed by atoms with Crippen molar-refractivity contribution in [3.05, 3.63) is 99.0 Å². The van der Waals surface area contributed by atoms with E-state index in [9.17, 15) is 9.59 Å². The second-order valence-corrected chi connectivity index (χ2v) is 7.00. The minimum absolute atomic E-state index is 0.317. The molecule has 0 bridgehead atoms. The molecule has 0 unspecified atom stereocenters. The Balaban J connectivity index is 1.74. The summed E-state index contributed by atoms with van der Waals surface area (Å²) >= 11 is 9.25. The molecule has 7 heteroatoms. The maximum Gasteiger partial charge on any atom is 0.343 e. The number of benzene rings is 3. The zero-order valence-corrected chi connectivity index (χ0v) is 16.8. The van der Waals surface area contributed by atoms with Crippen LogP contribution in [-0.2, 0) is 0 Å². The van der Waals surface area contributed by atoms with Gasteiger partial charge < -0.3 is 4.74 Å². The van der Waals surface area contributed by atoms with Gasteiger partial charge >= 0.3 is 5.97 Å². The molecule has 3 rings (SSSR count). The van der Waals surface area contributed by atoms with E-state index in [1.54, 1.807) is 66.7 Å². The summed E-state index contributed by atoms with van der Waals surface area (Å²) in [5.74, 6) is -0.574. The van der Waals surface area contributed by atoms with E-state index in [0.29, 0.717) is 27.5 Å². The lowest BCUT2D eigenvalue weighted by Crippen LogP contribution is -2.17. The van der Waals surface area contributed by atoms with Crippen LogP contribution in [0, 0.1) is 0 Å². The molecule has 0 radical (unpaired) electrons. The number of hydrogen-bond acceptors (Lipinski definition) is 4. The predicted octanol–water partition coefficient (Wildman–Crippen LogP) is 5.09. The molecule has 0 heterocycles. The number of nitrogens with one attached hydrogen (secondary N) is 1. The molecule has 0 spiro atoms. The van der Waals surface area contributed by atoms with E-state index in [0.717, 1.165) is 4.47 Å². The van der Waals surface area contributed by atoms with E-state index in [1.165, 1.54) is 6.21 Å². The van der Waals surface area contributed by atoms with E-state index < -0.39 is 11.9 Å². The second kappa shape index (κ2) is 9.30. The molecular formula is C21H14BrClN2O3. The van der Waals surface area contributed by atoms with Gasteiger partial charge in [-0.1, -0.05) is 51.8 Å². The first-order chi connectivity index (χ1) is 13.5. The fourth-order valence-electron chi connectivity index (χ4n) is 2.30. The lowest BCUT2D eigenvalue weighted by molar-refractivity contribution is 0.0734. The molecule has 5 nitrogen and oxygen atoms in total. The van der Waals surface area contributed by atoms with Crippen LogP contribution < -0.4 is 10.2 Å². The molecule has 0 saturated heterocycles. The summed E-state index contributed by atoms with van der Waals surface area (Å²) in [6.07, 6.45) is 1.40. The van der Waals surface area contributed by atoms with Crippen molar-refractivity contribution in [2.24, 2.45) is 5.10 Å². The van der Waals surface area contributed by atoms with Crippen LogP contribution in [0.1, 0.15) is 26.3 Å². The van der Waals surface area contributed by atoms with Gasteiger partial charge in [-0.25, -0.2) is 10.2 Å². The number of esters is 1. The topological polar surface area (TPSA) is 67.8 Å². The molecule has 1 amide bonds. The molecule has 0 aliphatic carbocycles. The van der Waals surface area contributed by atoms with Crippen LogP contribution in [-0.4, -0.2) is 18.1 Å². The van der Waals surface area contributed by atoms with Crippen molar-refractivity contribution in [1.29, 1.82) is 0 Å². The van der Waals surface area contributed by atoms with Gasteiger partial charge in [-0.05, 0) is 48.5 Å². The summed E-state index contributed by atoms with van der Waals surface area (Å²) in [4.78, 5) is 24.4. The summed E-state index contributed by atoms with van der Waals surface area (Å²) in [6.45, 7) is 0. The lowest BCUT2D eigenvalue weighted by Gasteiger charge is -2.08. The normalized spacial score (nSPS) is 10.6. The lowest BCUT2D eigenvalue weighted by atomic mass is 10.2. The van der Waals surface area contributed by atoms with E-state index >= 15 is 0 Å². The average Bonchev–Trinajstić information content (AvgIpc) is 2.70. The number of halogens is 2. The van der Waals surface area contributed by atoms with Gasteiger partial charge in [0.25, 0.3) is 5.91 Å². The van der Waals surface area contributed by atoms with Crippen molar-refractivity contribution >= 4 is 45.6 Å². The summed E-state index contributed by atoms with van der Waals surface area (Å²) in [6, 6.07) is 20.3. The Hall–Kier alpha value is -2.96. The highest BCUT2D eigenvalue weighted by Gasteiger charge is 2.11. The highest BCUT2D eigenvalue weighted by Crippen LogP contribution is 2.23. The SMILES string of the molecule is O=C(N/N=C/c1cc(Br)ccc1OC(=O)c1ccccc1)c1cccc(Cl)c1. The Morgan fingerprint density at radius 1 is 0.964 bits per heavy atom. The average molecular weight is 458 g/mol. The second-order valence-electron chi connectivity index (χ2n) is 5.65. The highest BCUT2D eigenvalue weighted by molar-refractivity contribution is 9.10. The van der Waals surface area contributed by atoms with Gasteiger partial charge in [-0.15, -0.1) is 0 Å². The van der Waals surface area contributed by atoms with Crippen LogP contribution in [0.4, 0.5) is 0 Å². The third-order valence-electron chi connectivity index (χ3n) is 3.64. The number of rotatable bonds is 5. The third-order valence-corrected chi connectivity index (χ3v) is 4.37. The van der Waals surface area contributed by atoms with Crippen molar-refractivity contribution < 1.29 is 14.3 Å². The first-order valence-corrected chi connectivity index (χ1v) is 9.36. The van der Waals surface area contributed by atoms with Gasteiger partial charge in [-0.3, -0.25) is 4.79 Å². The Labute approximate surface area is 175 Å². The molecule has 3 aromatic carbocycles. The van der Waals surface area contributed by atoms with Crippen LogP contribution in [0.3, 0.4) is 0 Å². The van der Waals surface area contributed by atoms with Crippen LogP contribution in [0.5, 0.6) is 5.75 Å². The fourth-order valence-corrected chi connectivity index (χ4v) is 2.87. The molecule has 0 saturated carbocycles. The van der Waals surface area contributed by atoms with Gasteiger partial charge in [0, 0.05) is 20.6 Å².